The number of carbonyl (C=O) groups excluding carboxylic acids is 1. The Labute approximate surface area is 169 Å². The molecule has 3 heterocycles. The van der Waals surface area contributed by atoms with Gasteiger partial charge < -0.3 is 9.47 Å². The summed E-state index contributed by atoms with van der Waals surface area (Å²) in [4.78, 5) is 19.6. The van der Waals surface area contributed by atoms with Crippen molar-refractivity contribution < 1.29 is 13.2 Å². The van der Waals surface area contributed by atoms with Crippen molar-refractivity contribution in [3.05, 3.63) is 35.1 Å². The lowest BCUT2D eigenvalue weighted by molar-refractivity contribution is -0.133. The number of nitrogens with zero attached hydrogens (tertiary/aromatic N) is 4. The van der Waals surface area contributed by atoms with Crippen LogP contribution in [0.15, 0.2) is 29.3 Å². The Balaban J connectivity index is 1.52. The lowest BCUT2D eigenvalue weighted by atomic mass is 9.96. The topological polar surface area (TPSA) is 75.5 Å². The van der Waals surface area contributed by atoms with E-state index in [1.807, 2.05) is 46.9 Å². The molecule has 2 fully saturated rings. The van der Waals surface area contributed by atoms with Gasteiger partial charge in [-0.05, 0) is 25.0 Å². The molecule has 0 aliphatic carbocycles. The minimum absolute atomic E-state index is 0.100. The van der Waals surface area contributed by atoms with Crippen molar-refractivity contribution in [3.8, 4) is 0 Å². The highest BCUT2D eigenvalue weighted by Gasteiger charge is 2.34. The average Bonchev–Trinajstić information content (AvgIpc) is 3.26. The SMILES string of the molecule is Cn1c(/C=C2/SCCN2C(=O)C2CCN(S(C)(=O)=O)CC2)nc2ccccc21. The van der Waals surface area contributed by atoms with Crippen molar-refractivity contribution in [1.29, 1.82) is 0 Å². The van der Waals surface area contributed by atoms with Crippen LogP contribution in [0.4, 0.5) is 0 Å². The van der Waals surface area contributed by atoms with Gasteiger partial charge in [0.05, 0.1) is 22.3 Å². The molecule has 28 heavy (non-hydrogen) atoms. The number of aryl methyl sites for hydroxylation is 1. The molecule has 9 heteroatoms. The van der Waals surface area contributed by atoms with Crippen LogP contribution in [-0.4, -0.2) is 64.7 Å². The van der Waals surface area contributed by atoms with Gasteiger partial charge in [-0.1, -0.05) is 12.1 Å². The van der Waals surface area contributed by atoms with Crippen molar-refractivity contribution >= 4 is 44.8 Å². The summed E-state index contributed by atoms with van der Waals surface area (Å²) in [6.45, 7) is 1.52. The molecule has 7 nitrogen and oxygen atoms in total. The highest BCUT2D eigenvalue weighted by Crippen LogP contribution is 2.33. The number of thioether (sulfide) groups is 1. The van der Waals surface area contributed by atoms with Crippen molar-refractivity contribution in [3.63, 3.8) is 0 Å². The van der Waals surface area contributed by atoms with Gasteiger partial charge in [-0.15, -0.1) is 11.8 Å². The maximum atomic E-state index is 13.1. The molecular formula is C19H24N4O3S2. The third-order valence-electron chi connectivity index (χ3n) is 5.44. The monoisotopic (exact) mass is 420 g/mol. The zero-order chi connectivity index (χ0) is 19.9. The number of amides is 1. The molecular weight excluding hydrogens is 396 g/mol. The highest BCUT2D eigenvalue weighted by atomic mass is 32.2. The third-order valence-corrected chi connectivity index (χ3v) is 7.77. The largest absolute Gasteiger partial charge is 0.328 e. The summed E-state index contributed by atoms with van der Waals surface area (Å²) in [6, 6.07) is 7.97. The van der Waals surface area contributed by atoms with Crippen LogP contribution in [-0.2, 0) is 21.9 Å². The van der Waals surface area contributed by atoms with Gasteiger partial charge in [0.25, 0.3) is 0 Å². The van der Waals surface area contributed by atoms with E-state index in [4.69, 9.17) is 0 Å². The molecule has 0 unspecified atom stereocenters. The fourth-order valence-electron chi connectivity index (χ4n) is 3.83. The number of sulfonamides is 1. The number of carbonyl (C=O) groups is 1. The Kier molecular flexibility index (Phi) is 5.24. The maximum absolute atomic E-state index is 13.1. The van der Waals surface area contributed by atoms with Crippen LogP contribution in [0, 0.1) is 5.92 Å². The van der Waals surface area contributed by atoms with E-state index in [1.54, 1.807) is 11.8 Å². The Morgan fingerprint density at radius 3 is 2.61 bits per heavy atom. The summed E-state index contributed by atoms with van der Waals surface area (Å²) in [7, 11) is -1.20. The number of piperidine rings is 1. The minimum Gasteiger partial charge on any atom is -0.328 e. The van der Waals surface area contributed by atoms with Gasteiger partial charge in [0.15, 0.2) is 0 Å². The van der Waals surface area contributed by atoms with E-state index in [0.29, 0.717) is 32.5 Å². The lowest BCUT2D eigenvalue weighted by Crippen LogP contribution is -2.43. The summed E-state index contributed by atoms with van der Waals surface area (Å²) < 4.78 is 26.9. The quantitative estimate of drug-likeness (QED) is 0.760. The predicted molar refractivity (Wildman–Crippen MR) is 112 cm³/mol. The molecule has 4 rings (SSSR count). The van der Waals surface area contributed by atoms with Crippen molar-refractivity contribution in [2.24, 2.45) is 13.0 Å². The summed E-state index contributed by atoms with van der Waals surface area (Å²) in [6.07, 6.45) is 4.37. The van der Waals surface area contributed by atoms with E-state index in [1.165, 1.54) is 10.6 Å². The smallest absolute Gasteiger partial charge is 0.230 e. The molecule has 2 saturated heterocycles. The second-order valence-electron chi connectivity index (χ2n) is 7.27. The molecule has 1 aromatic heterocycles. The molecule has 1 amide bonds. The number of hydrogen-bond acceptors (Lipinski definition) is 5. The molecule has 0 saturated carbocycles. The number of rotatable bonds is 3. The zero-order valence-electron chi connectivity index (χ0n) is 16.0. The van der Waals surface area contributed by atoms with Crippen LogP contribution in [0.3, 0.4) is 0 Å². The van der Waals surface area contributed by atoms with Gasteiger partial charge in [-0.3, -0.25) is 4.79 Å². The first-order valence-corrected chi connectivity index (χ1v) is 12.2. The number of benzene rings is 1. The van der Waals surface area contributed by atoms with Crippen LogP contribution in [0.2, 0.25) is 0 Å². The Hall–Kier alpha value is -1.84. The van der Waals surface area contributed by atoms with Gasteiger partial charge in [0.1, 0.15) is 5.82 Å². The summed E-state index contributed by atoms with van der Waals surface area (Å²) in [5.74, 6) is 1.67. The van der Waals surface area contributed by atoms with E-state index >= 15 is 0 Å². The highest BCUT2D eigenvalue weighted by molar-refractivity contribution is 8.03. The Bertz CT molecular complexity index is 1040. The molecule has 150 valence electrons. The predicted octanol–water partition coefficient (Wildman–Crippen LogP) is 2.12. The van der Waals surface area contributed by atoms with Gasteiger partial charge in [-0.25, -0.2) is 17.7 Å². The Morgan fingerprint density at radius 2 is 1.93 bits per heavy atom. The summed E-state index contributed by atoms with van der Waals surface area (Å²) in [5.41, 5.74) is 1.99. The van der Waals surface area contributed by atoms with Crippen molar-refractivity contribution in [1.82, 2.24) is 18.8 Å². The van der Waals surface area contributed by atoms with Crippen LogP contribution in [0.1, 0.15) is 18.7 Å². The van der Waals surface area contributed by atoms with Crippen LogP contribution >= 0.6 is 11.8 Å². The van der Waals surface area contributed by atoms with Gasteiger partial charge in [0, 0.05) is 44.4 Å². The fourth-order valence-corrected chi connectivity index (χ4v) is 5.71. The number of para-hydroxylation sites is 2. The van der Waals surface area contributed by atoms with Crippen LogP contribution < -0.4 is 0 Å². The molecule has 0 bridgehead atoms. The number of hydrogen-bond donors (Lipinski definition) is 0. The van der Waals surface area contributed by atoms with E-state index in [0.717, 1.165) is 27.6 Å². The minimum atomic E-state index is -3.18. The first-order chi connectivity index (χ1) is 13.3. The molecule has 2 aromatic rings. The Morgan fingerprint density at radius 1 is 1.21 bits per heavy atom. The lowest BCUT2D eigenvalue weighted by Gasteiger charge is -2.31. The third kappa shape index (κ3) is 3.70. The zero-order valence-corrected chi connectivity index (χ0v) is 17.7. The van der Waals surface area contributed by atoms with Gasteiger partial charge in [0.2, 0.25) is 15.9 Å². The molecule has 0 atom stereocenters. The number of aromatic nitrogens is 2. The first kappa shape index (κ1) is 19.5. The molecule has 2 aliphatic rings. The normalized spacial score (nSPS) is 21.1. The van der Waals surface area contributed by atoms with E-state index in [2.05, 4.69) is 4.98 Å². The molecule has 0 spiro atoms. The average molecular weight is 421 g/mol. The van der Waals surface area contributed by atoms with Gasteiger partial charge in [-0.2, -0.15) is 0 Å². The van der Waals surface area contributed by atoms with E-state index < -0.39 is 10.0 Å². The van der Waals surface area contributed by atoms with Gasteiger partial charge >= 0.3 is 0 Å². The second-order valence-corrected chi connectivity index (χ2v) is 10.4. The van der Waals surface area contributed by atoms with E-state index in [-0.39, 0.29) is 11.8 Å². The van der Waals surface area contributed by atoms with Crippen LogP contribution in [0.25, 0.3) is 17.1 Å². The fraction of sp³-hybridized carbons (Fsp3) is 0.474. The molecule has 0 N–H and O–H groups in total. The molecule has 0 radical (unpaired) electrons. The number of fused-ring (bicyclic) bond motifs is 1. The van der Waals surface area contributed by atoms with Crippen molar-refractivity contribution in [2.75, 3.05) is 31.6 Å². The molecule has 2 aliphatic heterocycles. The van der Waals surface area contributed by atoms with E-state index in [9.17, 15) is 13.2 Å². The molecule has 1 aromatic carbocycles. The number of imidazole rings is 1. The standard InChI is InChI=1S/C19H24N4O3S2/c1-21-16-6-4-3-5-15(16)20-17(21)13-18-23(11-12-27-18)19(24)14-7-9-22(10-8-14)28(2,25)26/h3-6,13-14H,7-12H2,1-2H3/b18-13+. The maximum Gasteiger partial charge on any atom is 0.230 e. The van der Waals surface area contributed by atoms with Crippen molar-refractivity contribution in [2.45, 2.75) is 12.8 Å². The first-order valence-electron chi connectivity index (χ1n) is 9.37. The second kappa shape index (κ2) is 7.53. The summed E-state index contributed by atoms with van der Waals surface area (Å²) in [5, 5.41) is 0.925. The summed E-state index contributed by atoms with van der Waals surface area (Å²) >= 11 is 1.67. The van der Waals surface area contributed by atoms with Crippen LogP contribution in [0.5, 0.6) is 0 Å².